The first-order valence-electron chi connectivity index (χ1n) is 11.1. The normalized spacial score (nSPS) is 14.2. The van der Waals surface area contributed by atoms with Gasteiger partial charge in [-0.1, -0.05) is 60.6 Å². The van der Waals surface area contributed by atoms with E-state index in [1.54, 1.807) is 0 Å². The third kappa shape index (κ3) is 5.11. The fourth-order valence-electron chi connectivity index (χ4n) is 3.55. The maximum atomic E-state index is 6.36. The van der Waals surface area contributed by atoms with Gasteiger partial charge in [0.1, 0.15) is 5.75 Å². The van der Waals surface area contributed by atoms with Crippen molar-refractivity contribution in [2.45, 2.75) is 30.5 Å². The highest BCUT2D eigenvalue weighted by molar-refractivity contribution is 7.98. The Morgan fingerprint density at radius 2 is 1.79 bits per heavy atom. The molecular weight excluding hydrogens is 468 g/mol. The lowest BCUT2D eigenvalue weighted by Crippen LogP contribution is -2.17. The molecule has 1 atom stereocenters. The lowest BCUT2D eigenvalue weighted by molar-refractivity contribution is 0.225. The van der Waals surface area contributed by atoms with Crippen LogP contribution in [0.3, 0.4) is 0 Å². The Morgan fingerprint density at radius 3 is 2.59 bits per heavy atom. The summed E-state index contributed by atoms with van der Waals surface area (Å²) in [6.07, 6.45) is 0.529. The summed E-state index contributed by atoms with van der Waals surface area (Å²) in [5, 5.41) is 13.6. The predicted octanol–water partition coefficient (Wildman–Crippen LogP) is 6.78. The molecule has 0 spiro atoms. The lowest BCUT2D eigenvalue weighted by atomic mass is 10.1. The van der Waals surface area contributed by atoms with Crippen molar-refractivity contribution >= 4 is 29.1 Å². The minimum absolute atomic E-state index is 0.437. The zero-order valence-electron chi connectivity index (χ0n) is 18.6. The molecule has 2 heterocycles. The summed E-state index contributed by atoms with van der Waals surface area (Å²) in [5.74, 6) is 1.99. The topological polar surface area (TPSA) is 69.2 Å². The predicted molar refractivity (Wildman–Crippen MR) is 135 cm³/mol. The van der Waals surface area contributed by atoms with Crippen LogP contribution >= 0.6 is 23.4 Å². The molecule has 0 radical (unpaired) electrons. The zero-order chi connectivity index (χ0) is 23.3. The maximum Gasteiger partial charge on any atom is 0.247 e. The average molecular weight is 491 g/mol. The molecule has 0 saturated heterocycles. The highest BCUT2D eigenvalue weighted by atomic mass is 35.5. The van der Waals surface area contributed by atoms with Gasteiger partial charge in [-0.05, 0) is 54.4 Å². The van der Waals surface area contributed by atoms with E-state index < -0.39 is 6.23 Å². The largest absolute Gasteiger partial charge is 0.494 e. The van der Waals surface area contributed by atoms with Crippen LogP contribution in [0, 0.1) is 0 Å². The number of aromatic nitrogens is 3. The lowest BCUT2D eigenvalue weighted by Gasteiger charge is -2.19. The monoisotopic (exact) mass is 490 g/mol. The third-order valence-electron chi connectivity index (χ3n) is 5.27. The molecule has 3 aromatic carbocycles. The number of anilines is 1. The highest BCUT2D eigenvalue weighted by Gasteiger charge is 2.26. The Kier molecular flexibility index (Phi) is 6.83. The molecule has 0 fully saturated rings. The van der Waals surface area contributed by atoms with Crippen molar-refractivity contribution in [2.24, 2.45) is 0 Å². The Bertz CT molecular complexity index is 1270. The minimum Gasteiger partial charge on any atom is -0.494 e. The van der Waals surface area contributed by atoms with Gasteiger partial charge in [-0.15, -0.1) is 10.2 Å². The van der Waals surface area contributed by atoms with Gasteiger partial charge in [0.25, 0.3) is 0 Å². The van der Waals surface area contributed by atoms with Crippen LogP contribution in [-0.2, 0) is 5.75 Å². The SMILES string of the molecule is CCCOc1ccc([C@@H]2Nc3ccccc3-c3nnc(SCc4ccc(Cl)cc4)nc3O2)cc1. The number of halogens is 1. The smallest absolute Gasteiger partial charge is 0.247 e. The summed E-state index contributed by atoms with van der Waals surface area (Å²) >= 11 is 7.49. The van der Waals surface area contributed by atoms with Crippen molar-refractivity contribution in [3.8, 4) is 22.9 Å². The molecule has 1 N–H and O–H groups in total. The van der Waals surface area contributed by atoms with Gasteiger partial charge in [-0.2, -0.15) is 4.98 Å². The average Bonchev–Trinajstić information content (AvgIpc) is 3.04. The molecule has 0 aliphatic carbocycles. The Balaban J connectivity index is 1.42. The number of hydrogen-bond acceptors (Lipinski definition) is 7. The van der Waals surface area contributed by atoms with E-state index in [0.717, 1.165) is 34.5 Å². The highest BCUT2D eigenvalue weighted by Crippen LogP contribution is 2.39. The van der Waals surface area contributed by atoms with Crippen molar-refractivity contribution in [2.75, 3.05) is 11.9 Å². The van der Waals surface area contributed by atoms with E-state index in [2.05, 4.69) is 22.4 Å². The molecule has 34 heavy (non-hydrogen) atoms. The van der Waals surface area contributed by atoms with Gasteiger partial charge in [0, 0.05) is 27.6 Å². The summed E-state index contributed by atoms with van der Waals surface area (Å²) in [5.41, 5.74) is 4.52. The zero-order valence-corrected chi connectivity index (χ0v) is 20.1. The number of nitrogens with zero attached hydrogens (tertiary/aromatic N) is 3. The fraction of sp³-hybridized carbons (Fsp3) is 0.192. The van der Waals surface area contributed by atoms with Crippen molar-refractivity contribution in [3.63, 3.8) is 0 Å². The minimum atomic E-state index is -0.437. The first kappa shape index (κ1) is 22.5. The second-order valence-electron chi connectivity index (χ2n) is 7.77. The molecule has 0 unspecified atom stereocenters. The van der Waals surface area contributed by atoms with Gasteiger partial charge in [-0.3, -0.25) is 0 Å². The van der Waals surface area contributed by atoms with Gasteiger partial charge in [0.15, 0.2) is 11.9 Å². The van der Waals surface area contributed by atoms with Crippen molar-refractivity contribution < 1.29 is 9.47 Å². The molecule has 0 saturated carbocycles. The Hall–Kier alpha value is -3.29. The second-order valence-corrected chi connectivity index (χ2v) is 9.15. The Morgan fingerprint density at radius 1 is 1.00 bits per heavy atom. The number of rotatable bonds is 7. The molecule has 172 valence electrons. The summed E-state index contributed by atoms with van der Waals surface area (Å²) in [6.45, 7) is 2.78. The van der Waals surface area contributed by atoms with E-state index in [1.165, 1.54) is 11.8 Å². The van der Waals surface area contributed by atoms with E-state index in [9.17, 15) is 0 Å². The van der Waals surface area contributed by atoms with Crippen LogP contribution in [0.5, 0.6) is 11.6 Å². The number of ether oxygens (including phenoxy) is 2. The number of benzene rings is 3. The molecule has 4 aromatic rings. The molecule has 0 amide bonds. The van der Waals surface area contributed by atoms with E-state index in [0.29, 0.717) is 34.1 Å². The van der Waals surface area contributed by atoms with Gasteiger partial charge >= 0.3 is 0 Å². The molecule has 8 heteroatoms. The van der Waals surface area contributed by atoms with Crippen LogP contribution in [0.4, 0.5) is 5.69 Å². The van der Waals surface area contributed by atoms with E-state index in [-0.39, 0.29) is 0 Å². The van der Waals surface area contributed by atoms with Crippen LogP contribution in [-0.4, -0.2) is 21.8 Å². The van der Waals surface area contributed by atoms with Gasteiger partial charge < -0.3 is 14.8 Å². The molecule has 1 aromatic heterocycles. The quantitative estimate of drug-likeness (QED) is 0.286. The molecule has 0 bridgehead atoms. The number of nitrogens with one attached hydrogen (secondary N) is 1. The van der Waals surface area contributed by atoms with E-state index in [4.69, 9.17) is 26.1 Å². The van der Waals surface area contributed by atoms with Crippen LogP contribution in [0.25, 0.3) is 11.3 Å². The number of thioether (sulfide) groups is 1. The summed E-state index contributed by atoms with van der Waals surface area (Å²) in [6, 6.07) is 23.6. The van der Waals surface area contributed by atoms with E-state index >= 15 is 0 Å². The van der Waals surface area contributed by atoms with Gasteiger partial charge in [0.05, 0.1) is 6.61 Å². The summed E-state index contributed by atoms with van der Waals surface area (Å²) in [4.78, 5) is 4.71. The molecule has 1 aliphatic heterocycles. The molecular formula is C26H23ClN4O2S. The van der Waals surface area contributed by atoms with Crippen LogP contribution < -0.4 is 14.8 Å². The van der Waals surface area contributed by atoms with Crippen molar-refractivity contribution in [1.29, 1.82) is 0 Å². The number of fused-ring (bicyclic) bond motifs is 3. The standard InChI is InChI=1S/C26H23ClN4O2S/c1-2-15-32-20-13-9-18(10-14-20)24-28-22-6-4-3-5-21(22)23-25(33-24)29-26(31-30-23)34-16-17-7-11-19(27)12-8-17/h3-14,24,28H,2,15-16H2,1H3/t24-/m1/s1. The van der Waals surface area contributed by atoms with Gasteiger partial charge in [-0.25, -0.2) is 0 Å². The van der Waals surface area contributed by atoms with Crippen LogP contribution in [0.2, 0.25) is 5.02 Å². The molecule has 5 rings (SSSR count). The second kappa shape index (κ2) is 10.3. The number of hydrogen-bond donors (Lipinski definition) is 1. The first-order valence-corrected chi connectivity index (χ1v) is 12.4. The fourth-order valence-corrected chi connectivity index (χ4v) is 4.41. The Labute approximate surface area is 207 Å². The maximum absolute atomic E-state index is 6.36. The summed E-state index contributed by atoms with van der Waals surface area (Å²) in [7, 11) is 0. The molecule has 1 aliphatic rings. The van der Waals surface area contributed by atoms with Crippen molar-refractivity contribution in [1.82, 2.24) is 15.2 Å². The first-order chi connectivity index (χ1) is 16.7. The number of para-hydroxylation sites is 1. The van der Waals surface area contributed by atoms with Crippen molar-refractivity contribution in [3.05, 3.63) is 88.9 Å². The molecule has 6 nitrogen and oxygen atoms in total. The van der Waals surface area contributed by atoms with Gasteiger partial charge in [0.2, 0.25) is 11.0 Å². The van der Waals surface area contributed by atoms with E-state index in [1.807, 2.05) is 72.8 Å². The third-order valence-corrected chi connectivity index (χ3v) is 6.43. The van der Waals surface area contributed by atoms with Crippen LogP contribution in [0.15, 0.2) is 78.0 Å². The summed E-state index contributed by atoms with van der Waals surface area (Å²) < 4.78 is 12.1. The van der Waals surface area contributed by atoms with Crippen LogP contribution in [0.1, 0.15) is 30.7 Å².